The van der Waals surface area contributed by atoms with E-state index in [1.807, 2.05) is 6.07 Å². The number of nitrogens with zero attached hydrogens (tertiary/aromatic N) is 1. The lowest BCUT2D eigenvalue weighted by molar-refractivity contribution is -0.152. The van der Waals surface area contributed by atoms with Crippen LogP contribution in [0.5, 0.6) is 0 Å². The summed E-state index contributed by atoms with van der Waals surface area (Å²) in [6.07, 6.45) is 0. The highest BCUT2D eigenvalue weighted by molar-refractivity contribution is 6.30. The molecule has 8 heteroatoms. The van der Waals surface area contributed by atoms with Crippen LogP contribution in [0.3, 0.4) is 0 Å². The average Bonchev–Trinajstić information content (AvgIpc) is 2.96. The molecule has 1 aliphatic heterocycles. The van der Waals surface area contributed by atoms with Gasteiger partial charge >= 0.3 is 5.97 Å². The van der Waals surface area contributed by atoms with Crippen molar-refractivity contribution in [3.8, 4) is 0 Å². The molecule has 2 atom stereocenters. The lowest BCUT2D eigenvalue weighted by Gasteiger charge is -2.21. The number of nitrogens with one attached hydrogen (secondary N) is 1. The van der Waals surface area contributed by atoms with Gasteiger partial charge in [0.1, 0.15) is 6.04 Å². The fraction of sp³-hybridized carbons (Fsp3) is 0.238. The number of fused-ring (bicyclic) bond motifs is 1. The first-order valence-electron chi connectivity index (χ1n) is 8.98. The minimum atomic E-state index is -1.15. The largest absolute Gasteiger partial charge is 0.454 e. The van der Waals surface area contributed by atoms with Gasteiger partial charge in [-0.1, -0.05) is 35.9 Å². The average molecular weight is 415 g/mol. The molecule has 7 nitrogen and oxygen atoms in total. The van der Waals surface area contributed by atoms with Crippen molar-refractivity contribution in [2.45, 2.75) is 25.9 Å². The Labute approximate surface area is 172 Å². The van der Waals surface area contributed by atoms with E-state index in [1.165, 1.54) is 19.1 Å². The molecule has 0 spiro atoms. The lowest BCUT2D eigenvalue weighted by atomic mass is 10.1. The summed E-state index contributed by atoms with van der Waals surface area (Å²) in [5.41, 5.74) is 1.28. The Bertz CT molecular complexity index is 956. The maximum absolute atomic E-state index is 12.4. The monoisotopic (exact) mass is 414 g/mol. The first kappa shape index (κ1) is 20.5. The van der Waals surface area contributed by atoms with Gasteiger partial charge in [0.15, 0.2) is 6.61 Å². The summed E-state index contributed by atoms with van der Waals surface area (Å²) in [5, 5.41) is 3.24. The van der Waals surface area contributed by atoms with Gasteiger partial charge in [-0.25, -0.2) is 4.79 Å². The lowest BCUT2D eigenvalue weighted by Crippen LogP contribution is -2.44. The van der Waals surface area contributed by atoms with Crippen molar-refractivity contribution >= 4 is 35.3 Å². The van der Waals surface area contributed by atoms with Crippen LogP contribution >= 0.6 is 11.6 Å². The summed E-state index contributed by atoms with van der Waals surface area (Å²) in [6.45, 7) is 2.63. The summed E-state index contributed by atoms with van der Waals surface area (Å²) >= 11 is 5.94. The van der Waals surface area contributed by atoms with Crippen molar-refractivity contribution < 1.29 is 23.9 Å². The molecule has 0 fully saturated rings. The Morgan fingerprint density at radius 2 is 1.66 bits per heavy atom. The molecule has 3 amide bonds. The number of halogens is 1. The SMILES string of the molecule is C[C@H](NC(=O)COC(=O)[C@@H](C)N1C(=O)c2ccccc2C1=O)c1cccc(Cl)c1. The van der Waals surface area contributed by atoms with Crippen molar-refractivity contribution in [3.05, 3.63) is 70.2 Å². The third kappa shape index (κ3) is 4.30. The van der Waals surface area contributed by atoms with Crippen molar-refractivity contribution in [2.75, 3.05) is 6.61 Å². The molecular formula is C21H19ClN2O5. The van der Waals surface area contributed by atoms with Crippen LogP contribution in [0.4, 0.5) is 0 Å². The Kier molecular flexibility index (Phi) is 5.98. The van der Waals surface area contributed by atoms with Crippen LogP contribution in [-0.2, 0) is 14.3 Å². The number of hydrogen-bond donors (Lipinski definition) is 1. The van der Waals surface area contributed by atoms with E-state index in [1.54, 1.807) is 37.3 Å². The van der Waals surface area contributed by atoms with Crippen molar-refractivity contribution in [3.63, 3.8) is 0 Å². The van der Waals surface area contributed by atoms with E-state index in [0.717, 1.165) is 10.5 Å². The normalized spacial score (nSPS) is 14.9. The molecular weight excluding hydrogens is 396 g/mol. The summed E-state index contributed by atoms with van der Waals surface area (Å²) in [7, 11) is 0. The molecule has 0 aliphatic carbocycles. The van der Waals surface area contributed by atoms with Crippen LogP contribution in [0.25, 0.3) is 0 Å². The summed E-state index contributed by atoms with van der Waals surface area (Å²) < 4.78 is 5.01. The predicted octanol–water partition coefficient (Wildman–Crippen LogP) is 2.75. The maximum Gasteiger partial charge on any atom is 0.329 e. The number of esters is 1. The summed E-state index contributed by atoms with van der Waals surface area (Å²) in [6, 6.07) is 11.9. The van der Waals surface area contributed by atoms with Gasteiger partial charge < -0.3 is 10.1 Å². The molecule has 0 bridgehead atoms. The third-order valence-corrected chi connectivity index (χ3v) is 4.86. The first-order chi connectivity index (χ1) is 13.8. The highest BCUT2D eigenvalue weighted by Crippen LogP contribution is 2.24. The highest BCUT2D eigenvalue weighted by atomic mass is 35.5. The highest BCUT2D eigenvalue weighted by Gasteiger charge is 2.41. The summed E-state index contributed by atoms with van der Waals surface area (Å²) in [4.78, 5) is 50.1. The molecule has 0 saturated carbocycles. The van der Waals surface area contributed by atoms with E-state index in [0.29, 0.717) is 5.02 Å². The third-order valence-electron chi connectivity index (χ3n) is 4.63. The minimum absolute atomic E-state index is 0.241. The first-order valence-corrected chi connectivity index (χ1v) is 9.35. The Balaban J connectivity index is 1.56. The number of rotatable bonds is 6. The van der Waals surface area contributed by atoms with E-state index in [2.05, 4.69) is 5.32 Å². The predicted molar refractivity (Wildman–Crippen MR) is 105 cm³/mol. The topological polar surface area (TPSA) is 92.8 Å². The van der Waals surface area contributed by atoms with Crippen molar-refractivity contribution in [2.24, 2.45) is 0 Å². The van der Waals surface area contributed by atoms with Gasteiger partial charge in [0, 0.05) is 5.02 Å². The van der Waals surface area contributed by atoms with E-state index in [9.17, 15) is 19.2 Å². The molecule has 1 aliphatic rings. The quantitative estimate of drug-likeness (QED) is 0.579. The van der Waals surface area contributed by atoms with Crippen LogP contribution in [0.2, 0.25) is 5.02 Å². The molecule has 0 aromatic heterocycles. The van der Waals surface area contributed by atoms with Crippen molar-refractivity contribution in [1.82, 2.24) is 10.2 Å². The zero-order chi connectivity index (χ0) is 21.1. The molecule has 0 saturated heterocycles. The van der Waals surface area contributed by atoms with Crippen LogP contribution < -0.4 is 5.32 Å². The Morgan fingerprint density at radius 3 is 2.24 bits per heavy atom. The zero-order valence-electron chi connectivity index (χ0n) is 15.8. The molecule has 0 unspecified atom stereocenters. The Hall–Kier alpha value is -3.19. The zero-order valence-corrected chi connectivity index (χ0v) is 16.6. The molecule has 0 radical (unpaired) electrons. The van der Waals surface area contributed by atoms with Gasteiger partial charge in [-0.3, -0.25) is 19.3 Å². The van der Waals surface area contributed by atoms with Crippen molar-refractivity contribution in [1.29, 1.82) is 0 Å². The van der Waals surface area contributed by atoms with Gasteiger partial charge in [-0.05, 0) is 43.7 Å². The van der Waals surface area contributed by atoms with Gasteiger partial charge in [0.2, 0.25) is 0 Å². The number of carbonyl (C=O) groups excluding carboxylic acids is 4. The summed E-state index contributed by atoms with van der Waals surface area (Å²) in [5.74, 6) is -2.48. The fourth-order valence-corrected chi connectivity index (χ4v) is 3.26. The maximum atomic E-state index is 12.4. The second-order valence-electron chi connectivity index (χ2n) is 6.65. The molecule has 150 valence electrons. The second-order valence-corrected chi connectivity index (χ2v) is 7.09. The molecule has 29 heavy (non-hydrogen) atoms. The molecule has 2 aromatic rings. The number of hydrogen-bond acceptors (Lipinski definition) is 5. The van der Waals surface area contributed by atoms with Crippen LogP contribution in [0.1, 0.15) is 46.2 Å². The standard InChI is InChI=1S/C21H19ClN2O5/c1-12(14-6-5-7-15(22)10-14)23-18(25)11-29-21(28)13(2)24-19(26)16-8-3-4-9-17(16)20(24)27/h3-10,12-13H,11H2,1-2H3,(H,23,25)/t12-,13+/m0/s1. The van der Waals surface area contributed by atoms with Crippen LogP contribution in [0, 0.1) is 0 Å². The van der Waals surface area contributed by atoms with E-state index in [4.69, 9.17) is 16.3 Å². The number of imide groups is 1. The van der Waals surface area contributed by atoms with Crippen LogP contribution in [0.15, 0.2) is 48.5 Å². The van der Waals surface area contributed by atoms with Gasteiger partial charge in [0.25, 0.3) is 17.7 Å². The molecule has 3 rings (SSSR count). The van der Waals surface area contributed by atoms with E-state index >= 15 is 0 Å². The number of benzene rings is 2. The number of carbonyl (C=O) groups is 4. The fourth-order valence-electron chi connectivity index (χ4n) is 3.06. The number of ether oxygens (including phenoxy) is 1. The van der Waals surface area contributed by atoms with Crippen LogP contribution in [-0.4, -0.2) is 41.2 Å². The van der Waals surface area contributed by atoms with Gasteiger partial charge in [0.05, 0.1) is 17.2 Å². The molecule has 1 heterocycles. The van der Waals surface area contributed by atoms with Gasteiger partial charge in [-0.15, -0.1) is 0 Å². The Morgan fingerprint density at radius 1 is 1.03 bits per heavy atom. The molecule has 2 aromatic carbocycles. The number of amides is 3. The molecule has 1 N–H and O–H groups in total. The second kappa shape index (κ2) is 8.45. The van der Waals surface area contributed by atoms with Gasteiger partial charge in [-0.2, -0.15) is 0 Å². The van der Waals surface area contributed by atoms with E-state index in [-0.39, 0.29) is 17.2 Å². The minimum Gasteiger partial charge on any atom is -0.454 e. The van der Waals surface area contributed by atoms with E-state index < -0.39 is 36.3 Å². The smallest absolute Gasteiger partial charge is 0.329 e.